The van der Waals surface area contributed by atoms with Gasteiger partial charge in [0, 0.05) is 11.8 Å². The Labute approximate surface area is 225 Å². The third-order valence-corrected chi connectivity index (χ3v) is 9.99. The number of carbonyl (C=O) groups is 1. The summed E-state index contributed by atoms with van der Waals surface area (Å²) in [6.07, 6.45) is 11.4. The predicted octanol–water partition coefficient (Wildman–Crippen LogP) is 8.33. The number of carbonyl (C=O) groups excluding carboxylic acids is 1. The van der Waals surface area contributed by atoms with Crippen molar-refractivity contribution in [1.82, 2.24) is 0 Å². The van der Waals surface area contributed by atoms with Crippen LogP contribution in [0.5, 0.6) is 0 Å². The van der Waals surface area contributed by atoms with Gasteiger partial charge in [-0.15, -0.1) is 0 Å². The molecule has 4 aliphatic carbocycles. The Kier molecular flexibility index (Phi) is 5.22. The van der Waals surface area contributed by atoms with Crippen LogP contribution in [-0.2, 0) is 43.3 Å². The van der Waals surface area contributed by atoms with E-state index >= 15 is 0 Å². The number of benzene rings is 4. The highest BCUT2D eigenvalue weighted by Crippen LogP contribution is 2.44. The topological polar surface area (TPSA) is 17.1 Å². The lowest BCUT2D eigenvalue weighted by Crippen LogP contribution is -2.17. The van der Waals surface area contributed by atoms with Gasteiger partial charge in [0.2, 0.25) is 0 Å². The van der Waals surface area contributed by atoms with Crippen molar-refractivity contribution in [3.05, 3.63) is 117 Å². The lowest BCUT2D eigenvalue weighted by Gasteiger charge is -2.18. The number of Topliss-reactive ketones (excluding diaryl/α,β-unsaturated/α-hetero) is 1. The van der Waals surface area contributed by atoms with Crippen LogP contribution in [0.15, 0.2) is 72.8 Å². The number of fused-ring (bicyclic) bond motifs is 4. The molecule has 0 saturated carbocycles. The summed E-state index contributed by atoms with van der Waals surface area (Å²) >= 11 is 0. The van der Waals surface area contributed by atoms with Crippen LogP contribution in [0.2, 0.25) is 0 Å². The van der Waals surface area contributed by atoms with Crippen LogP contribution >= 0.6 is 0 Å². The molecule has 8 rings (SSSR count). The number of hydrogen-bond donors (Lipinski definition) is 0. The van der Waals surface area contributed by atoms with Gasteiger partial charge in [-0.05, 0) is 131 Å². The second-order valence-electron chi connectivity index (χ2n) is 12.1. The normalized spacial score (nSPS) is 20.7. The molecule has 0 amide bonds. The maximum absolute atomic E-state index is 13.9. The Balaban J connectivity index is 1.04. The molecule has 0 aliphatic heterocycles. The zero-order valence-corrected chi connectivity index (χ0v) is 22.1. The molecule has 4 aliphatic rings. The maximum atomic E-state index is 13.9. The molecule has 0 N–H and O–H groups in total. The highest BCUT2D eigenvalue weighted by atomic mass is 16.1. The van der Waals surface area contributed by atoms with E-state index in [0.29, 0.717) is 5.78 Å². The predicted molar refractivity (Wildman–Crippen MR) is 155 cm³/mol. The van der Waals surface area contributed by atoms with Crippen molar-refractivity contribution >= 4 is 5.78 Å². The summed E-state index contributed by atoms with van der Waals surface area (Å²) in [4.78, 5) is 13.9. The number of ketones is 1. The minimum Gasteiger partial charge on any atom is -0.298 e. The molecular weight excluding hydrogens is 460 g/mol. The van der Waals surface area contributed by atoms with Gasteiger partial charge in [0.1, 0.15) is 5.78 Å². The van der Waals surface area contributed by atoms with Gasteiger partial charge >= 0.3 is 0 Å². The molecule has 2 unspecified atom stereocenters. The Morgan fingerprint density at radius 2 is 0.842 bits per heavy atom. The average Bonchev–Trinajstić information content (AvgIpc) is 3.76. The van der Waals surface area contributed by atoms with Crippen LogP contribution in [0.3, 0.4) is 0 Å². The Morgan fingerprint density at radius 3 is 1.32 bits per heavy atom. The van der Waals surface area contributed by atoms with E-state index in [1.807, 2.05) is 0 Å². The molecule has 1 heteroatoms. The summed E-state index contributed by atoms with van der Waals surface area (Å²) in [6.45, 7) is 0. The zero-order valence-electron chi connectivity index (χ0n) is 22.1. The zero-order chi connectivity index (χ0) is 25.2. The Bertz CT molecular complexity index is 1490. The second-order valence-corrected chi connectivity index (χ2v) is 12.1. The molecule has 4 aromatic rings. The molecule has 1 nitrogen and oxygen atoms in total. The van der Waals surface area contributed by atoms with Crippen molar-refractivity contribution in [2.75, 3.05) is 0 Å². The van der Waals surface area contributed by atoms with Gasteiger partial charge in [0.25, 0.3) is 0 Å². The molecule has 0 spiro atoms. The smallest absolute Gasteiger partial charge is 0.147 e. The first-order valence-electron chi connectivity index (χ1n) is 14.7. The van der Waals surface area contributed by atoms with E-state index in [2.05, 4.69) is 72.8 Å². The van der Waals surface area contributed by atoms with Crippen molar-refractivity contribution in [3.63, 3.8) is 0 Å². The summed E-state index contributed by atoms with van der Waals surface area (Å²) in [7, 11) is 0. The second kappa shape index (κ2) is 8.80. The van der Waals surface area contributed by atoms with Crippen molar-refractivity contribution in [2.45, 2.75) is 76.0 Å². The third-order valence-electron chi connectivity index (χ3n) is 9.99. The fraction of sp³-hybridized carbons (Fsp3) is 0.324. The number of aryl methyl sites for hydroxylation is 6. The van der Waals surface area contributed by atoms with Crippen molar-refractivity contribution in [1.29, 1.82) is 0 Å². The van der Waals surface area contributed by atoms with Gasteiger partial charge in [0.15, 0.2) is 0 Å². The van der Waals surface area contributed by atoms with E-state index in [9.17, 15) is 4.79 Å². The summed E-state index contributed by atoms with van der Waals surface area (Å²) in [6, 6.07) is 27.8. The molecule has 38 heavy (non-hydrogen) atoms. The van der Waals surface area contributed by atoms with Gasteiger partial charge in [0.05, 0.1) is 0 Å². The maximum Gasteiger partial charge on any atom is 0.147 e. The van der Waals surface area contributed by atoms with Crippen molar-refractivity contribution in [3.8, 4) is 22.3 Å². The number of rotatable bonds is 4. The average molecular weight is 495 g/mol. The Morgan fingerprint density at radius 1 is 0.447 bits per heavy atom. The fourth-order valence-electron chi connectivity index (χ4n) is 7.93. The van der Waals surface area contributed by atoms with E-state index in [0.717, 1.165) is 25.7 Å². The summed E-state index contributed by atoms with van der Waals surface area (Å²) < 4.78 is 0. The van der Waals surface area contributed by atoms with E-state index in [1.165, 1.54) is 105 Å². The largest absolute Gasteiger partial charge is 0.298 e. The van der Waals surface area contributed by atoms with Crippen LogP contribution in [0.4, 0.5) is 0 Å². The van der Waals surface area contributed by atoms with Gasteiger partial charge in [-0.3, -0.25) is 4.79 Å². The third kappa shape index (κ3) is 3.62. The van der Waals surface area contributed by atoms with E-state index < -0.39 is 0 Å². The molecule has 0 aromatic heterocycles. The first kappa shape index (κ1) is 22.5. The first-order chi connectivity index (χ1) is 18.7. The van der Waals surface area contributed by atoms with Crippen LogP contribution in [-0.4, -0.2) is 5.78 Å². The molecule has 0 fully saturated rings. The number of hydrogen-bond acceptors (Lipinski definition) is 1. The molecule has 4 aromatic carbocycles. The molecule has 0 heterocycles. The monoisotopic (exact) mass is 494 g/mol. The quantitative estimate of drug-likeness (QED) is 0.279. The SMILES string of the molecule is O=C(C1CCc2cc(-c3ccc4c(c3)CCC4)ccc21)C1CCc2cc(-c3ccc4c(c3)CCC4)ccc21. The molecule has 0 saturated heterocycles. The van der Waals surface area contributed by atoms with E-state index in [1.54, 1.807) is 0 Å². The van der Waals surface area contributed by atoms with E-state index in [4.69, 9.17) is 0 Å². The molecular formula is C37H34O. The van der Waals surface area contributed by atoms with Crippen LogP contribution in [0.1, 0.15) is 82.0 Å². The highest BCUT2D eigenvalue weighted by molar-refractivity contribution is 5.94. The molecule has 2 atom stereocenters. The highest BCUT2D eigenvalue weighted by Gasteiger charge is 2.37. The molecule has 0 radical (unpaired) electrons. The van der Waals surface area contributed by atoms with Gasteiger partial charge in [-0.1, -0.05) is 72.8 Å². The molecule has 0 bridgehead atoms. The van der Waals surface area contributed by atoms with Crippen molar-refractivity contribution in [2.24, 2.45) is 0 Å². The summed E-state index contributed by atoms with van der Waals surface area (Å²) in [5.41, 5.74) is 16.7. The summed E-state index contributed by atoms with van der Waals surface area (Å²) in [5, 5.41) is 0. The summed E-state index contributed by atoms with van der Waals surface area (Å²) in [5.74, 6) is 0.538. The van der Waals surface area contributed by atoms with Crippen molar-refractivity contribution < 1.29 is 4.79 Å². The minimum absolute atomic E-state index is 0.0476. The van der Waals surface area contributed by atoms with Crippen LogP contribution in [0, 0.1) is 0 Å². The standard InChI is InChI=1S/C37H34O/c38-37(35-17-13-31-21-29(11-15-33(31)35)27-9-7-23-3-1-5-25(23)19-27)36-18-14-32-22-30(12-16-34(32)36)28-10-8-24-4-2-6-26(24)20-28/h7-12,15-16,19-22,35-36H,1-6,13-14,17-18H2. The van der Waals surface area contributed by atoms with E-state index in [-0.39, 0.29) is 11.8 Å². The van der Waals surface area contributed by atoms with Crippen LogP contribution < -0.4 is 0 Å². The Hall–Kier alpha value is -3.45. The van der Waals surface area contributed by atoms with Gasteiger partial charge in [-0.25, -0.2) is 0 Å². The van der Waals surface area contributed by atoms with Gasteiger partial charge < -0.3 is 0 Å². The van der Waals surface area contributed by atoms with Crippen LogP contribution in [0.25, 0.3) is 22.3 Å². The van der Waals surface area contributed by atoms with Gasteiger partial charge in [-0.2, -0.15) is 0 Å². The lowest BCUT2D eigenvalue weighted by atomic mass is 9.84. The minimum atomic E-state index is 0.0476. The lowest BCUT2D eigenvalue weighted by molar-refractivity contribution is -0.121. The molecule has 188 valence electrons. The first-order valence-corrected chi connectivity index (χ1v) is 14.7. The fourth-order valence-corrected chi connectivity index (χ4v) is 7.93.